The lowest BCUT2D eigenvalue weighted by Gasteiger charge is -2.12. The van der Waals surface area contributed by atoms with Crippen LogP contribution in [0.25, 0.3) is 33.5 Å². The molecule has 5 rings (SSSR count). The van der Waals surface area contributed by atoms with Crippen LogP contribution in [-0.4, -0.2) is 53.8 Å². The van der Waals surface area contributed by atoms with Crippen molar-refractivity contribution in [1.29, 1.82) is 0 Å². The average molecular weight is 619 g/mol. The molecule has 16 heteroatoms. The molecule has 0 aliphatic carbocycles. The molecule has 0 bridgehead atoms. The van der Waals surface area contributed by atoms with E-state index in [0.717, 1.165) is 18.2 Å². The van der Waals surface area contributed by atoms with Gasteiger partial charge in [-0.15, -0.1) is 5.06 Å². The maximum atomic E-state index is 12.2. The van der Waals surface area contributed by atoms with E-state index < -0.39 is 47.8 Å². The van der Waals surface area contributed by atoms with E-state index >= 15 is 0 Å². The van der Waals surface area contributed by atoms with Crippen LogP contribution >= 0.6 is 0 Å². The molecule has 1 saturated heterocycles. The number of amides is 2. The number of oxazole rings is 1. The van der Waals surface area contributed by atoms with E-state index in [-0.39, 0.29) is 41.6 Å². The molecule has 220 valence electrons. The van der Waals surface area contributed by atoms with Gasteiger partial charge in [0.05, 0.1) is 4.90 Å². The van der Waals surface area contributed by atoms with E-state index in [0.29, 0.717) is 42.0 Å². The molecule has 0 saturated carbocycles. The van der Waals surface area contributed by atoms with Crippen molar-refractivity contribution in [2.75, 3.05) is 0 Å². The number of nitrogens with zero attached hydrogens (tertiary/aromatic N) is 3. The Morgan fingerprint density at radius 2 is 1.71 bits per heavy atom. The fraction of sp³-hybridized carbons (Fsp3) is 0.269. The van der Waals surface area contributed by atoms with Crippen LogP contribution in [0.2, 0.25) is 0 Å². The van der Waals surface area contributed by atoms with Crippen LogP contribution in [0.5, 0.6) is 0 Å². The molecule has 0 spiro atoms. The number of carbonyl (C=O) groups is 3. The molecule has 1 aliphatic rings. The number of rotatable bonds is 10. The lowest BCUT2D eigenvalue weighted by molar-refractivity contribution is -0.687. The van der Waals surface area contributed by atoms with Gasteiger partial charge in [-0.1, -0.05) is 6.07 Å². The minimum absolute atomic E-state index is 0.0132. The van der Waals surface area contributed by atoms with Crippen molar-refractivity contribution in [3.05, 3.63) is 48.7 Å². The third kappa shape index (κ3) is 6.01. The summed E-state index contributed by atoms with van der Waals surface area (Å²) in [6.45, 7) is 0.455. The molecule has 0 unspecified atom stereocenters. The quantitative estimate of drug-likeness (QED) is 0.114. The Bertz CT molecular complexity index is 1950. The first-order chi connectivity index (χ1) is 19.8. The zero-order chi connectivity index (χ0) is 30.2. The Labute approximate surface area is 239 Å². The third-order valence-corrected chi connectivity index (χ3v) is 8.34. The maximum Gasteiger partial charge on any atom is 0.333 e. The number of carbonyl (C=O) groups excluding carboxylic acids is 3. The zero-order valence-electron chi connectivity index (χ0n) is 21.8. The molecule has 0 atom stereocenters. The monoisotopic (exact) mass is 618 g/mol. The molecule has 2 amide bonds. The number of benzene rings is 2. The Kier molecular flexibility index (Phi) is 7.80. The predicted molar refractivity (Wildman–Crippen MR) is 142 cm³/mol. The van der Waals surface area contributed by atoms with Crippen LogP contribution in [0.3, 0.4) is 0 Å². The molecule has 0 radical (unpaired) electrons. The minimum atomic E-state index is -4.82. The summed E-state index contributed by atoms with van der Waals surface area (Å²) >= 11 is 0. The number of aryl methyl sites for hydroxylation is 1. The molecule has 14 nitrogen and oxygen atoms in total. The van der Waals surface area contributed by atoms with Gasteiger partial charge >= 0.3 is 5.97 Å². The highest BCUT2D eigenvalue weighted by Crippen LogP contribution is 2.35. The second kappa shape index (κ2) is 11.2. The number of fused-ring (bicyclic) bond motifs is 3. The summed E-state index contributed by atoms with van der Waals surface area (Å²) in [5.74, 6) is -1.73. The van der Waals surface area contributed by atoms with Gasteiger partial charge in [0.1, 0.15) is 17.0 Å². The van der Waals surface area contributed by atoms with Crippen molar-refractivity contribution in [3.63, 3.8) is 0 Å². The lowest BCUT2D eigenvalue weighted by Crippen LogP contribution is -2.35. The normalized spacial score (nSPS) is 14.3. The number of pyridine rings is 1. The van der Waals surface area contributed by atoms with Gasteiger partial charge in [-0.25, -0.2) is 9.78 Å². The van der Waals surface area contributed by atoms with Gasteiger partial charge in [-0.2, -0.15) is 21.4 Å². The van der Waals surface area contributed by atoms with Gasteiger partial charge in [0.15, 0.2) is 11.8 Å². The number of hydroxylamine groups is 2. The Morgan fingerprint density at radius 3 is 2.40 bits per heavy atom. The van der Waals surface area contributed by atoms with E-state index in [2.05, 4.69) is 4.98 Å². The Morgan fingerprint density at radius 1 is 0.976 bits per heavy atom. The van der Waals surface area contributed by atoms with Crippen LogP contribution in [0, 0.1) is 0 Å². The highest BCUT2D eigenvalue weighted by Gasteiger charge is 2.32. The van der Waals surface area contributed by atoms with Gasteiger partial charge in [0, 0.05) is 43.2 Å². The fourth-order valence-corrected chi connectivity index (χ4v) is 5.78. The third-order valence-electron chi connectivity index (χ3n) is 6.63. The SMILES string of the molecule is O=C(CCCCC[n+]1ccccc1-c1nc2c(o1)c(S(=O)(=O)O)cc1cc(S(=O)(=O)O)ccc12)ON1C(=O)CCC1=O. The Balaban J connectivity index is 1.36. The summed E-state index contributed by atoms with van der Waals surface area (Å²) in [7, 11) is -9.40. The summed E-state index contributed by atoms with van der Waals surface area (Å²) in [4.78, 5) is 43.4. The maximum absolute atomic E-state index is 12.2. The molecule has 4 aromatic rings. The van der Waals surface area contributed by atoms with Crippen molar-refractivity contribution in [3.8, 4) is 11.6 Å². The van der Waals surface area contributed by atoms with Crippen LogP contribution in [0.1, 0.15) is 38.5 Å². The topological polar surface area (TPSA) is 202 Å². The second-order valence-electron chi connectivity index (χ2n) is 9.54. The molecule has 3 heterocycles. The van der Waals surface area contributed by atoms with Crippen molar-refractivity contribution < 1.29 is 54.1 Å². The van der Waals surface area contributed by atoms with E-state index in [1.807, 2.05) is 0 Å². The summed E-state index contributed by atoms with van der Waals surface area (Å²) < 4.78 is 74.5. The van der Waals surface area contributed by atoms with Crippen molar-refractivity contribution in [2.24, 2.45) is 0 Å². The van der Waals surface area contributed by atoms with E-state index in [1.165, 1.54) is 6.07 Å². The molecular weight excluding hydrogens is 594 g/mol. The van der Waals surface area contributed by atoms with E-state index in [1.54, 1.807) is 29.0 Å². The van der Waals surface area contributed by atoms with Gasteiger partial charge in [-0.3, -0.25) is 18.7 Å². The van der Waals surface area contributed by atoms with Gasteiger partial charge in [-0.05, 0) is 42.5 Å². The Hall–Kier alpha value is -4.25. The first-order valence-electron chi connectivity index (χ1n) is 12.7. The standard InChI is InChI=1S/C26H23N3O11S2/c30-21-10-11-22(31)29(21)40-23(32)7-2-1-4-12-28-13-5-3-6-19(28)26-27-24-18-9-8-17(41(33,34)35)14-16(18)15-20(25(24)39-26)42(36,37)38/h3,5-6,8-9,13-15H,1-2,4,7,10-12H2,(H-,33,34,35,36,37,38)/p+1. The summed E-state index contributed by atoms with van der Waals surface area (Å²) in [6.07, 6.45) is 3.45. The molecule has 2 N–H and O–H groups in total. The number of unbranched alkanes of at least 4 members (excludes halogenated alkanes) is 2. The molecule has 42 heavy (non-hydrogen) atoms. The van der Waals surface area contributed by atoms with Crippen molar-refractivity contribution >= 4 is 59.9 Å². The van der Waals surface area contributed by atoms with E-state index in [9.17, 15) is 40.3 Å². The van der Waals surface area contributed by atoms with E-state index in [4.69, 9.17) is 9.25 Å². The number of hydrogen-bond donors (Lipinski definition) is 2. The minimum Gasteiger partial charge on any atom is -0.430 e. The fourth-order valence-electron chi connectivity index (χ4n) is 4.61. The molecule has 1 fully saturated rings. The highest BCUT2D eigenvalue weighted by molar-refractivity contribution is 7.86. The van der Waals surface area contributed by atoms with Crippen LogP contribution in [-0.2, 0) is 46.0 Å². The molecular formula is C26H24N3O11S2+. The number of aromatic nitrogens is 2. The van der Waals surface area contributed by atoms with Crippen LogP contribution in [0.4, 0.5) is 0 Å². The predicted octanol–water partition coefficient (Wildman–Crippen LogP) is 2.60. The van der Waals surface area contributed by atoms with Crippen molar-refractivity contribution in [1.82, 2.24) is 10.0 Å². The number of imide groups is 1. The molecule has 2 aromatic carbocycles. The van der Waals surface area contributed by atoms with Gasteiger partial charge in [0.2, 0.25) is 0 Å². The van der Waals surface area contributed by atoms with Gasteiger partial charge in [0.25, 0.3) is 43.6 Å². The summed E-state index contributed by atoms with van der Waals surface area (Å²) in [5.41, 5.74) is 0.299. The second-order valence-corrected chi connectivity index (χ2v) is 12.4. The summed E-state index contributed by atoms with van der Waals surface area (Å²) in [5, 5.41) is 0.924. The zero-order valence-corrected chi connectivity index (χ0v) is 23.4. The lowest BCUT2D eigenvalue weighted by atomic mass is 10.1. The average Bonchev–Trinajstić information content (AvgIpc) is 3.50. The van der Waals surface area contributed by atoms with Crippen LogP contribution < -0.4 is 4.57 Å². The smallest absolute Gasteiger partial charge is 0.333 e. The van der Waals surface area contributed by atoms with Crippen molar-refractivity contribution in [2.45, 2.75) is 54.9 Å². The van der Waals surface area contributed by atoms with Gasteiger partial charge < -0.3 is 9.25 Å². The molecule has 1 aliphatic heterocycles. The highest BCUT2D eigenvalue weighted by atomic mass is 32.2. The largest absolute Gasteiger partial charge is 0.430 e. The number of hydrogen-bond acceptors (Lipinski definition) is 10. The molecule has 2 aromatic heterocycles. The first kappa shape index (κ1) is 29.2. The summed E-state index contributed by atoms with van der Waals surface area (Å²) in [6, 6.07) is 9.76. The van der Waals surface area contributed by atoms with Crippen LogP contribution in [0.15, 0.2) is 62.9 Å². The first-order valence-corrected chi connectivity index (χ1v) is 15.6.